The Hall–Kier alpha value is -3.72. The molecule has 1 saturated heterocycles. The van der Waals surface area contributed by atoms with Crippen LogP contribution < -0.4 is 4.74 Å². The van der Waals surface area contributed by atoms with E-state index in [-0.39, 0.29) is 28.9 Å². The SMILES string of the molecule is CCOc1ccc(/C(O)=C2/C(=O)C(=O)N(CCO)C2c2cccc([N+](=O)[O-])c2)cc1. The lowest BCUT2D eigenvalue weighted by molar-refractivity contribution is -0.384. The normalized spacial score (nSPS) is 17.9. The quantitative estimate of drug-likeness (QED) is 0.235. The number of ketones is 1. The van der Waals surface area contributed by atoms with Crippen molar-refractivity contribution in [1.82, 2.24) is 4.90 Å². The van der Waals surface area contributed by atoms with Crippen molar-refractivity contribution in [2.75, 3.05) is 19.8 Å². The van der Waals surface area contributed by atoms with Crippen LogP contribution in [0.25, 0.3) is 5.76 Å². The first-order valence-electron chi connectivity index (χ1n) is 9.25. The first-order valence-corrected chi connectivity index (χ1v) is 9.25. The molecule has 0 bridgehead atoms. The molecule has 9 heteroatoms. The molecule has 1 heterocycles. The van der Waals surface area contributed by atoms with E-state index < -0.39 is 35.0 Å². The van der Waals surface area contributed by atoms with Gasteiger partial charge >= 0.3 is 0 Å². The predicted octanol–water partition coefficient (Wildman–Crippen LogP) is 2.41. The Balaban J connectivity index is 2.15. The summed E-state index contributed by atoms with van der Waals surface area (Å²) in [5.74, 6) is -1.65. The maximum absolute atomic E-state index is 12.7. The molecule has 2 N–H and O–H groups in total. The first-order chi connectivity index (χ1) is 14.4. The minimum atomic E-state index is -1.07. The molecule has 0 saturated carbocycles. The summed E-state index contributed by atoms with van der Waals surface area (Å²) < 4.78 is 5.36. The van der Waals surface area contributed by atoms with Gasteiger partial charge < -0.3 is 19.8 Å². The van der Waals surface area contributed by atoms with Gasteiger partial charge in [0.25, 0.3) is 17.4 Å². The number of nitrogens with zero attached hydrogens (tertiary/aromatic N) is 2. The van der Waals surface area contributed by atoms with Crippen LogP contribution in [0.4, 0.5) is 5.69 Å². The fraction of sp³-hybridized carbons (Fsp3) is 0.238. The molecule has 1 aliphatic heterocycles. The number of Topliss-reactive ketones (excluding diaryl/α,β-unsaturated/α-hetero) is 1. The molecule has 9 nitrogen and oxygen atoms in total. The average molecular weight is 412 g/mol. The summed E-state index contributed by atoms with van der Waals surface area (Å²) in [4.78, 5) is 37.0. The summed E-state index contributed by atoms with van der Waals surface area (Å²) in [7, 11) is 0. The van der Waals surface area contributed by atoms with Crippen molar-refractivity contribution in [1.29, 1.82) is 0 Å². The highest BCUT2D eigenvalue weighted by molar-refractivity contribution is 6.46. The Morgan fingerprint density at radius 1 is 1.20 bits per heavy atom. The van der Waals surface area contributed by atoms with Crippen molar-refractivity contribution in [2.45, 2.75) is 13.0 Å². The molecule has 30 heavy (non-hydrogen) atoms. The van der Waals surface area contributed by atoms with Crippen molar-refractivity contribution < 1.29 is 29.5 Å². The molecule has 3 rings (SSSR count). The maximum Gasteiger partial charge on any atom is 0.295 e. The van der Waals surface area contributed by atoms with Gasteiger partial charge in [0, 0.05) is 24.2 Å². The van der Waals surface area contributed by atoms with Crippen molar-refractivity contribution in [3.05, 3.63) is 75.3 Å². The van der Waals surface area contributed by atoms with E-state index in [2.05, 4.69) is 0 Å². The topological polar surface area (TPSA) is 130 Å². The molecule has 2 aromatic carbocycles. The molecule has 1 amide bonds. The van der Waals surface area contributed by atoms with Gasteiger partial charge in [0.1, 0.15) is 11.5 Å². The average Bonchev–Trinajstić information content (AvgIpc) is 2.99. The lowest BCUT2D eigenvalue weighted by Crippen LogP contribution is -2.32. The van der Waals surface area contributed by atoms with E-state index in [9.17, 15) is 29.9 Å². The molecule has 0 aromatic heterocycles. The Bertz CT molecular complexity index is 1010. The number of amides is 1. The van der Waals surface area contributed by atoms with Crippen molar-refractivity contribution >= 4 is 23.1 Å². The molecule has 1 atom stereocenters. The van der Waals surface area contributed by atoms with Gasteiger partial charge in [-0.05, 0) is 36.8 Å². The summed E-state index contributed by atoms with van der Waals surface area (Å²) in [6.07, 6.45) is 0. The van der Waals surface area contributed by atoms with Gasteiger partial charge in [-0.25, -0.2) is 0 Å². The van der Waals surface area contributed by atoms with Gasteiger partial charge in [-0.15, -0.1) is 0 Å². The third-order valence-corrected chi connectivity index (χ3v) is 4.72. The number of aliphatic hydroxyl groups excluding tert-OH is 2. The summed E-state index contributed by atoms with van der Waals surface area (Å²) in [5, 5.41) is 31.4. The fourth-order valence-electron chi connectivity index (χ4n) is 3.40. The van der Waals surface area contributed by atoms with Crippen LogP contribution in [0.3, 0.4) is 0 Å². The molecular formula is C21H20N2O7. The van der Waals surface area contributed by atoms with Crippen molar-refractivity contribution in [3.8, 4) is 5.75 Å². The number of likely N-dealkylation sites (tertiary alicyclic amines) is 1. The number of aliphatic hydroxyl groups is 2. The largest absolute Gasteiger partial charge is 0.507 e. The zero-order valence-electron chi connectivity index (χ0n) is 16.1. The summed E-state index contributed by atoms with van der Waals surface area (Å²) in [6.45, 7) is 1.71. The Kier molecular flexibility index (Phi) is 6.12. The second kappa shape index (κ2) is 8.75. The maximum atomic E-state index is 12.7. The van der Waals surface area contributed by atoms with E-state index in [1.165, 1.54) is 24.3 Å². The number of nitro groups is 1. The van der Waals surface area contributed by atoms with Gasteiger partial charge in [-0.1, -0.05) is 12.1 Å². The van der Waals surface area contributed by atoms with Gasteiger partial charge in [0.05, 0.1) is 29.8 Å². The van der Waals surface area contributed by atoms with Crippen molar-refractivity contribution in [3.63, 3.8) is 0 Å². The van der Waals surface area contributed by atoms with Crippen LogP contribution in [-0.4, -0.2) is 51.5 Å². The number of benzene rings is 2. The monoisotopic (exact) mass is 412 g/mol. The van der Waals surface area contributed by atoms with Gasteiger partial charge in [-0.3, -0.25) is 19.7 Å². The first kappa shape index (κ1) is 21.0. The van der Waals surface area contributed by atoms with Crippen LogP contribution in [0.15, 0.2) is 54.1 Å². The summed E-state index contributed by atoms with van der Waals surface area (Å²) >= 11 is 0. The lowest BCUT2D eigenvalue weighted by Gasteiger charge is -2.24. The predicted molar refractivity (Wildman–Crippen MR) is 107 cm³/mol. The number of hydrogen-bond donors (Lipinski definition) is 2. The van der Waals surface area contributed by atoms with Crippen LogP contribution in [0, 0.1) is 10.1 Å². The molecule has 0 radical (unpaired) electrons. The Morgan fingerprint density at radius 2 is 1.90 bits per heavy atom. The second-order valence-corrected chi connectivity index (χ2v) is 6.53. The third kappa shape index (κ3) is 3.87. The molecule has 1 aliphatic rings. The molecular weight excluding hydrogens is 392 g/mol. The van der Waals surface area contributed by atoms with Crippen LogP contribution >= 0.6 is 0 Å². The van der Waals surface area contributed by atoms with Crippen molar-refractivity contribution in [2.24, 2.45) is 0 Å². The number of hydrogen-bond acceptors (Lipinski definition) is 7. The number of carbonyl (C=O) groups is 2. The van der Waals surface area contributed by atoms with E-state index in [0.29, 0.717) is 12.4 Å². The highest BCUT2D eigenvalue weighted by Crippen LogP contribution is 2.40. The molecule has 1 fully saturated rings. The Morgan fingerprint density at radius 3 is 2.50 bits per heavy atom. The van der Waals surface area contributed by atoms with Gasteiger partial charge in [0.15, 0.2) is 0 Å². The van der Waals surface area contributed by atoms with Gasteiger partial charge in [0.2, 0.25) is 0 Å². The second-order valence-electron chi connectivity index (χ2n) is 6.53. The molecule has 0 aliphatic carbocycles. The van der Waals surface area contributed by atoms with E-state index >= 15 is 0 Å². The number of non-ortho nitro benzene ring substituents is 1. The van der Waals surface area contributed by atoms with Crippen LogP contribution in [0.1, 0.15) is 24.1 Å². The standard InChI is InChI=1S/C21H20N2O7/c1-2-30-16-8-6-13(7-9-16)19(25)17-18(22(10-11-24)21(27)20(17)26)14-4-3-5-15(12-14)23(28)29/h3-9,12,18,24-25H,2,10-11H2,1H3/b19-17-. The molecule has 0 spiro atoms. The lowest BCUT2D eigenvalue weighted by atomic mass is 9.95. The van der Waals surface area contributed by atoms with Crippen LogP contribution in [0.2, 0.25) is 0 Å². The van der Waals surface area contributed by atoms with Crippen LogP contribution in [0.5, 0.6) is 5.75 Å². The molecule has 2 aromatic rings. The number of nitro benzene ring substituents is 1. The summed E-state index contributed by atoms with van der Waals surface area (Å²) in [6, 6.07) is 10.7. The van der Waals surface area contributed by atoms with E-state index in [4.69, 9.17) is 4.74 Å². The third-order valence-electron chi connectivity index (χ3n) is 4.72. The molecule has 1 unspecified atom stereocenters. The highest BCUT2D eigenvalue weighted by Gasteiger charge is 2.46. The van der Waals surface area contributed by atoms with E-state index in [1.807, 2.05) is 6.92 Å². The zero-order valence-corrected chi connectivity index (χ0v) is 16.1. The minimum Gasteiger partial charge on any atom is -0.507 e. The number of β-amino-alcohol motifs (C(OH)–C–C–N with tert-alkyl or cyclic N) is 1. The van der Waals surface area contributed by atoms with Crippen LogP contribution in [-0.2, 0) is 9.59 Å². The summed E-state index contributed by atoms with van der Waals surface area (Å²) in [5.41, 5.74) is 0.154. The van der Waals surface area contributed by atoms with Gasteiger partial charge in [-0.2, -0.15) is 0 Å². The number of carbonyl (C=O) groups excluding carboxylic acids is 2. The Labute approximate surface area is 172 Å². The van der Waals surface area contributed by atoms with E-state index in [0.717, 1.165) is 4.90 Å². The molecule has 156 valence electrons. The highest BCUT2D eigenvalue weighted by atomic mass is 16.6. The van der Waals surface area contributed by atoms with E-state index in [1.54, 1.807) is 24.3 Å². The smallest absolute Gasteiger partial charge is 0.295 e. The fourth-order valence-corrected chi connectivity index (χ4v) is 3.40. The zero-order chi connectivity index (χ0) is 21.8. The minimum absolute atomic E-state index is 0.169. The number of rotatable bonds is 7. The number of ether oxygens (including phenoxy) is 1.